The number of halogens is 3. The van der Waals surface area contributed by atoms with E-state index in [2.05, 4.69) is 46.1 Å². The second-order valence-corrected chi connectivity index (χ2v) is 7.36. The highest BCUT2D eigenvalue weighted by Gasteiger charge is 2.25. The molecule has 146 valence electrons. The van der Waals surface area contributed by atoms with Crippen LogP contribution in [0.4, 0.5) is 0 Å². The summed E-state index contributed by atoms with van der Waals surface area (Å²) >= 11 is 3.75. The summed E-state index contributed by atoms with van der Waals surface area (Å²) < 4.78 is 12.0. The fourth-order valence-corrected chi connectivity index (χ4v) is 3.73. The molecule has 4 nitrogen and oxygen atoms in total. The van der Waals surface area contributed by atoms with Crippen molar-refractivity contribution in [3.05, 3.63) is 22.2 Å². The van der Waals surface area contributed by atoms with Crippen LogP contribution >= 0.6 is 40.7 Å². The summed E-state index contributed by atoms with van der Waals surface area (Å²) in [5.74, 6) is 2.28. The molecule has 1 saturated heterocycles. The first-order valence-corrected chi connectivity index (χ1v) is 9.22. The van der Waals surface area contributed by atoms with Gasteiger partial charge in [-0.15, -0.1) is 24.8 Å². The third-order valence-electron chi connectivity index (χ3n) is 4.47. The van der Waals surface area contributed by atoms with Crippen LogP contribution in [0.5, 0.6) is 11.5 Å². The zero-order valence-corrected chi connectivity index (χ0v) is 18.7. The molecule has 0 unspecified atom stereocenters. The molecule has 0 aliphatic carbocycles. The Balaban J connectivity index is 0.00000288. The first-order valence-electron chi connectivity index (χ1n) is 8.43. The Hall–Kier alpha value is -0.200. The summed E-state index contributed by atoms with van der Waals surface area (Å²) in [7, 11) is 3.37. The third-order valence-corrected chi connectivity index (χ3v) is 5.16. The Labute approximate surface area is 173 Å². The highest BCUT2D eigenvalue weighted by Crippen LogP contribution is 2.39. The molecule has 0 saturated carbocycles. The molecule has 1 aliphatic rings. The van der Waals surface area contributed by atoms with Crippen molar-refractivity contribution < 1.29 is 9.47 Å². The number of hydrogen-bond acceptors (Lipinski definition) is 4. The van der Waals surface area contributed by atoms with Crippen molar-refractivity contribution >= 4 is 40.7 Å². The molecule has 25 heavy (non-hydrogen) atoms. The van der Waals surface area contributed by atoms with E-state index < -0.39 is 0 Å². The zero-order chi connectivity index (χ0) is 16.8. The first-order chi connectivity index (χ1) is 11.1. The van der Waals surface area contributed by atoms with E-state index in [0.717, 1.165) is 48.6 Å². The maximum Gasteiger partial charge on any atom is 0.161 e. The van der Waals surface area contributed by atoms with Gasteiger partial charge in [0.25, 0.3) is 0 Å². The number of nitrogens with one attached hydrogen (secondary N) is 1. The maximum absolute atomic E-state index is 5.52. The molecular formula is C18H31BrCl2N2O2. The summed E-state index contributed by atoms with van der Waals surface area (Å²) in [4.78, 5) is 2.59. The summed E-state index contributed by atoms with van der Waals surface area (Å²) in [5, 5.41) is 3.44. The second-order valence-electron chi connectivity index (χ2n) is 6.50. The lowest BCUT2D eigenvalue weighted by molar-refractivity contribution is 0.159. The van der Waals surface area contributed by atoms with Crippen LogP contribution in [0, 0.1) is 5.92 Å². The summed E-state index contributed by atoms with van der Waals surface area (Å²) in [6.45, 7) is 8.87. The van der Waals surface area contributed by atoms with Gasteiger partial charge >= 0.3 is 0 Å². The number of piperazine rings is 1. The number of benzene rings is 1. The van der Waals surface area contributed by atoms with Gasteiger partial charge in [-0.3, -0.25) is 4.90 Å². The summed E-state index contributed by atoms with van der Waals surface area (Å²) in [6, 6.07) is 4.57. The highest BCUT2D eigenvalue weighted by molar-refractivity contribution is 9.10. The van der Waals surface area contributed by atoms with E-state index in [1.54, 1.807) is 14.2 Å². The SMILES string of the molecule is COc1cc(Br)c([C@@H](CCC(C)C)N2CCNCC2)cc1OC.Cl.Cl. The van der Waals surface area contributed by atoms with E-state index >= 15 is 0 Å². The van der Waals surface area contributed by atoms with Crippen LogP contribution in [-0.2, 0) is 0 Å². The Morgan fingerprint density at radius 2 is 1.60 bits per heavy atom. The van der Waals surface area contributed by atoms with Gasteiger partial charge in [0.15, 0.2) is 11.5 Å². The summed E-state index contributed by atoms with van der Waals surface area (Å²) in [6.07, 6.45) is 2.38. The normalized spacial score (nSPS) is 15.9. The van der Waals surface area contributed by atoms with Gasteiger partial charge in [0.2, 0.25) is 0 Å². The molecule has 1 atom stereocenters. The van der Waals surface area contributed by atoms with Crippen molar-refractivity contribution in [1.82, 2.24) is 10.2 Å². The molecule has 1 fully saturated rings. The summed E-state index contributed by atoms with van der Waals surface area (Å²) in [5.41, 5.74) is 1.30. The van der Waals surface area contributed by atoms with E-state index in [4.69, 9.17) is 9.47 Å². The number of methoxy groups -OCH3 is 2. The molecule has 0 spiro atoms. The number of ether oxygens (including phenoxy) is 2. The van der Waals surface area contributed by atoms with Gasteiger partial charge in [-0.05, 0) is 36.5 Å². The van der Waals surface area contributed by atoms with Crippen LogP contribution in [0.15, 0.2) is 16.6 Å². The number of rotatable bonds is 7. The molecule has 2 rings (SSSR count). The van der Waals surface area contributed by atoms with Crippen molar-refractivity contribution in [2.75, 3.05) is 40.4 Å². The van der Waals surface area contributed by atoms with Gasteiger partial charge in [0.1, 0.15) is 0 Å². The molecule has 1 heterocycles. The smallest absolute Gasteiger partial charge is 0.161 e. The molecule has 0 aromatic heterocycles. The maximum atomic E-state index is 5.52. The van der Waals surface area contributed by atoms with Crippen LogP contribution in [0.1, 0.15) is 38.3 Å². The minimum absolute atomic E-state index is 0. The van der Waals surface area contributed by atoms with Gasteiger partial charge in [-0.25, -0.2) is 0 Å². The first kappa shape index (κ1) is 24.8. The number of hydrogen-bond donors (Lipinski definition) is 1. The number of nitrogens with zero attached hydrogens (tertiary/aromatic N) is 1. The standard InChI is InChI=1S/C18H29BrN2O2.2ClH/c1-13(2)5-6-16(21-9-7-20-8-10-21)14-11-17(22-3)18(23-4)12-15(14)19;;/h11-13,16,20H,5-10H2,1-4H3;2*1H/t16-;;/m1../s1. The lowest BCUT2D eigenvalue weighted by Crippen LogP contribution is -2.45. The van der Waals surface area contributed by atoms with Crippen molar-refractivity contribution in [2.24, 2.45) is 5.92 Å². The average Bonchev–Trinajstić information content (AvgIpc) is 2.56. The zero-order valence-electron chi connectivity index (χ0n) is 15.5. The quantitative estimate of drug-likeness (QED) is 0.643. The van der Waals surface area contributed by atoms with Crippen LogP contribution < -0.4 is 14.8 Å². The van der Waals surface area contributed by atoms with Crippen molar-refractivity contribution in [2.45, 2.75) is 32.7 Å². The van der Waals surface area contributed by atoms with Gasteiger partial charge in [0, 0.05) is 36.7 Å². The van der Waals surface area contributed by atoms with Crippen LogP contribution in [-0.4, -0.2) is 45.3 Å². The Kier molecular flexibility index (Phi) is 12.1. The molecular weight excluding hydrogens is 427 g/mol. The monoisotopic (exact) mass is 456 g/mol. The predicted molar refractivity (Wildman–Crippen MR) is 113 cm³/mol. The van der Waals surface area contributed by atoms with Gasteiger partial charge in [-0.1, -0.05) is 29.8 Å². The molecule has 1 N–H and O–H groups in total. The highest BCUT2D eigenvalue weighted by atomic mass is 79.9. The van der Waals surface area contributed by atoms with Crippen LogP contribution in [0.25, 0.3) is 0 Å². The van der Waals surface area contributed by atoms with Gasteiger partial charge < -0.3 is 14.8 Å². The van der Waals surface area contributed by atoms with E-state index in [0.29, 0.717) is 12.0 Å². The van der Waals surface area contributed by atoms with Gasteiger partial charge in [0.05, 0.1) is 14.2 Å². The molecule has 0 bridgehead atoms. The molecule has 0 radical (unpaired) electrons. The van der Waals surface area contributed by atoms with Crippen molar-refractivity contribution in [3.63, 3.8) is 0 Å². The largest absolute Gasteiger partial charge is 0.493 e. The van der Waals surface area contributed by atoms with E-state index in [1.807, 2.05) is 6.07 Å². The van der Waals surface area contributed by atoms with E-state index in [9.17, 15) is 0 Å². The van der Waals surface area contributed by atoms with E-state index in [1.165, 1.54) is 12.0 Å². The molecule has 1 aromatic rings. The van der Waals surface area contributed by atoms with Crippen LogP contribution in [0.3, 0.4) is 0 Å². The average molecular weight is 458 g/mol. The Morgan fingerprint density at radius 1 is 1.04 bits per heavy atom. The third kappa shape index (κ3) is 6.79. The topological polar surface area (TPSA) is 33.7 Å². The lowest BCUT2D eigenvalue weighted by Gasteiger charge is -2.36. The van der Waals surface area contributed by atoms with Crippen molar-refractivity contribution in [1.29, 1.82) is 0 Å². The van der Waals surface area contributed by atoms with E-state index in [-0.39, 0.29) is 24.8 Å². The Morgan fingerprint density at radius 3 is 2.12 bits per heavy atom. The fraction of sp³-hybridized carbons (Fsp3) is 0.667. The molecule has 7 heteroatoms. The van der Waals surface area contributed by atoms with Crippen LogP contribution in [0.2, 0.25) is 0 Å². The fourth-order valence-electron chi connectivity index (χ4n) is 3.15. The lowest BCUT2D eigenvalue weighted by atomic mass is 9.95. The minimum atomic E-state index is 0. The Bertz CT molecular complexity index is 512. The second kappa shape index (κ2) is 12.2. The van der Waals surface area contributed by atoms with Crippen molar-refractivity contribution in [3.8, 4) is 11.5 Å². The predicted octanol–water partition coefficient (Wildman–Crippen LogP) is 4.69. The van der Waals surface area contributed by atoms with Gasteiger partial charge in [-0.2, -0.15) is 0 Å². The molecule has 0 amide bonds. The minimum Gasteiger partial charge on any atom is -0.493 e. The molecule has 1 aliphatic heterocycles. The molecule has 1 aromatic carbocycles.